The van der Waals surface area contributed by atoms with E-state index in [4.69, 9.17) is 17.4 Å². The Balaban J connectivity index is 2.30. The molecule has 0 aliphatic carbocycles. The first-order valence-corrected chi connectivity index (χ1v) is 7.19. The van der Waals surface area contributed by atoms with Crippen molar-refractivity contribution < 1.29 is 12.8 Å². The summed E-state index contributed by atoms with van der Waals surface area (Å²) >= 11 is 5.76. The molecule has 0 aliphatic rings. The van der Waals surface area contributed by atoms with Gasteiger partial charge in [0.05, 0.1) is 10.7 Å². The van der Waals surface area contributed by atoms with Crippen LogP contribution in [0.3, 0.4) is 0 Å². The molecule has 6 nitrogen and oxygen atoms in total. The van der Waals surface area contributed by atoms with Crippen molar-refractivity contribution in [2.75, 3.05) is 10.1 Å². The van der Waals surface area contributed by atoms with Gasteiger partial charge >= 0.3 is 0 Å². The molecule has 0 spiro atoms. The first kappa shape index (κ1) is 14.5. The lowest BCUT2D eigenvalue weighted by molar-refractivity contribution is 0.600. The molecular weight excluding hydrogens is 307 g/mol. The molecule has 0 unspecified atom stereocenters. The number of nitrogens with two attached hydrogens (primary N) is 1. The van der Waals surface area contributed by atoms with Crippen molar-refractivity contribution in [3.05, 3.63) is 47.4 Å². The summed E-state index contributed by atoms with van der Waals surface area (Å²) in [6.07, 6.45) is 1.13. The maximum Gasteiger partial charge on any atom is 0.263 e. The molecule has 0 saturated carbocycles. The minimum absolute atomic E-state index is 0.0400. The van der Waals surface area contributed by atoms with Crippen molar-refractivity contribution in [1.29, 1.82) is 0 Å². The number of halogens is 2. The van der Waals surface area contributed by atoms with E-state index < -0.39 is 15.8 Å². The fraction of sp³-hybridized carbons (Fsp3) is 0. The van der Waals surface area contributed by atoms with E-state index in [1.54, 1.807) is 0 Å². The highest BCUT2D eigenvalue weighted by atomic mass is 35.5. The second-order valence-electron chi connectivity index (χ2n) is 3.75. The molecule has 0 fully saturated rings. The Bertz CT molecular complexity index is 722. The molecule has 0 atom stereocenters. The number of nitrogens with zero attached hydrogens (tertiary/aromatic N) is 1. The second kappa shape index (κ2) is 5.61. The average molecular weight is 317 g/mol. The maximum atomic E-state index is 12.9. The Labute approximate surface area is 119 Å². The van der Waals surface area contributed by atoms with Gasteiger partial charge in [0.25, 0.3) is 10.0 Å². The lowest BCUT2D eigenvalue weighted by Gasteiger charge is -2.09. The van der Waals surface area contributed by atoms with Gasteiger partial charge in [0.1, 0.15) is 16.5 Å². The molecule has 2 aromatic rings. The standard InChI is InChI=1S/C11H10ClFN4O2S/c12-9-5-7(13)1-3-10(9)17-20(18,19)8-2-4-11(16-14)15-6-8/h1-6,17H,14H2,(H,15,16). The van der Waals surface area contributed by atoms with E-state index in [1.807, 2.05) is 0 Å². The van der Waals surface area contributed by atoms with E-state index in [0.29, 0.717) is 5.82 Å². The van der Waals surface area contributed by atoms with Crippen LogP contribution >= 0.6 is 11.6 Å². The number of sulfonamides is 1. The van der Waals surface area contributed by atoms with Gasteiger partial charge in [-0.05, 0) is 30.3 Å². The van der Waals surface area contributed by atoms with Crippen molar-refractivity contribution >= 4 is 33.1 Å². The first-order chi connectivity index (χ1) is 9.42. The van der Waals surface area contributed by atoms with Gasteiger partial charge in [-0.2, -0.15) is 0 Å². The molecule has 0 saturated heterocycles. The summed E-state index contributed by atoms with van der Waals surface area (Å²) in [4.78, 5) is 3.72. The van der Waals surface area contributed by atoms with Crippen molar-refractivity contribution in [3.8, 4) is 0 Å². The lowest BCUT2D eigenvalue weighted by atomic mass is 10.3. The minimum Gasteiger partial charge on any atom is -0.308 e. The van der Waals surface area contributed by atoms with E-state index in [0.717, 1.165) is 18.3 Å². The molecule has 1 aromatic heterocycles. The van der Waals surface area contributed by atoms with Gasteiger partial charge in [-0.1, -0.05) is 11.6 Å². The minimum atomic E-state index is -3.86. The summed E-state index contributed by atoms with van der Waals surface area (Å²) in [5.41, 5.74) is 2.36. The van der Waals surface area contributed by atoms with Gasteiger partial charge in [0.15, 0.2) is 0 Å². The van der Waals surface area contributed by atoms with Crippen molar-refractivity contribution in [1.82, 2.24) is 4.98 Å². The molecule has 1 heterocycles. The van der Waals surface area contributed by atoms with Crippen LogP contribution in [0.25, 0.3) is 0 Å². The molecule has 0 amide bonds. The number of benzene rings is 1. The number of nitrogens with one attached hydrogen (secondary N) is 2. The van der Waals surface area contributed by atoms with Crippen LogP contribution in [0.4, 0.5) is 15.9 Å². The Kier molecular flexibility index (Phi) is 4.07. The van der Waals surface area contributed by atoms with Gasteiger partial charge in [-0.15, -0.1) is 0 Å². The van der Waals surface area contributed by atoms with Crippen LogP contribution in [0.5, 0.6) is 0 Å². The quantitative estimate of drug-likeness (QED) is 0.592. The molecule has 0 radical (unpaired) electrons. The maximum absolute atomic E-state index is 12.9. The summed E-state index contributed by atoms with van der Waals surface area (Å²) in [6.45, 7) is 0. The molecule has 106 valence electrons. The third kappa shape index (κ3) is 3.16. The van der Waals surface area contributed by atoms with E-state index in [9.17, 15) is 12.8 Å². The zero-order chi connectivity index (χ0) is 14.8. The van der Waals surface area contributed by atoms with Gasteiger partial charge in [0.2, 0.25) is 0 Å². The Morgan fingerprint density at radius 1 is 1.25 bits per heavy atom. The number of pyridine rings is 1. The number of hydrogen-bond acceptors (Lipinski definition) is 5. The molecule has 0 bridgehead atoms. The third-order valence-corrected chi connectivity index (χ3v) is 4.03. The average Bonchev–Trinajstić information content (AvgIpc) is 2.42. The smallest absolute Gasteiger partial charge is 0.263 e. The van der Waals surface area contributed by atoms with E-state index in [1.165, 1.54) is 18.2 Å². The normalized spacial score (nSPS) is 11.2. The van der Waals surface area contributed by atoms with E-state index >= 15 is 0 Å². The number of anilines is 2. The molecule has 9 heteroatoms. The number of hydrazine groups is 1. The van der Waals surface area contributed by atoms with Crippen LogP contribution in [0, 0.1) is 5.82 Å². The predicted molar refractivity (Wildman–Crippen MR) is 74.3 cm³/mol. The predicted octanol–water partition coefficient (Wildman–Crippen LogP) is 1.96. The van der Waals surface area contributed by atoms with E-state index in [2.05, 4.69) is 15.1 Å². The van der Waals surface area contributed by atoms with Crippen LogP contribution in [0.2, 0.25) is 5.02 Å². The molecule has 2 rings (SSSR count). The Morgan fingerprint density at radius 2 is 2.00 bits per heavy atom. The van der Waals surface area contributed by atoms with Gasteiger partial charge < -0.3 is 5.43 Å². The number of aromatic nitrogens is 1. The lowest BCUT2D eigenvalue weighted by Crippen LogP contribution is -2.14. The van der Waals surface area contributed by atoms with Crippen LogP contribution in [0.15, 0.2) is 41.4 Å². The largest absolute Gasteiger partial charge is 0.308 e. The highest BCUT2D eigenvalue weighted by Crippen LogP contribution is 2.25. The third-order valence-electron chi connectivity index (χ3n) is 2.37. The van der Waals surface area contributed by atoms with Crippen LogP contribution in [-0.4, -0.2) is 13.4 Å². The number of hydrogen-bond donors (Lipinski definition) is 3. The second-order valence-corrected chi connectivity index (χ2v) is 5.84. The topological polar surface area (TPSA) is 97.1 Å². The fourth-order valence-corrected chi connectivity index (χ4v) is 2.70. The number of nitrogen functional groups attached to an aromatic ring is 1. The summed E-state index contributed by atoms with van der Waals surface area (Å²) in [7, 11) is -3.86. The van der Waals surface area contributed by atoms with Crippen molar-refractivity contribution in [2.45, 2.75) is 4.90 Å². The highest BCUT2D eigenvalue weighted by Gasteiger charge is 2.16. The molecule has 1 aromatic carbocycles. The molecule has 4 N–H and O–H groups in total. The summed E-state index contributed by atoms with van der Waals surface area (Å²) in [5.74, 6) is 4.90. The SMILES string of the molecule is NNc1ccc(S(=O)(=O)Nc2ccc(F)cc2Cl)cn1. The van der Waals surface area contributed by atoms with Crippen LogP contribution in [0.1, 0.15) is 0 Å². The fourth-order valence-electron chi connectivity index (χ4n) is 1.40. The van der Waals surface area contributed by atoms with Gasteiger partial charge in [-0.3, -0.25) is 4.72 Å². The highest BCUT2D eigenvalue weighted by molar-refractivity contribution is 7.92. The monoisotopic (exact) mass is 316 g/mol. The Morgan fingerprint density at radius 3 is 2.55 bits per heavy atom. The summed E-state index contributed by atoms with van der Waals surface area (Å²) in [6, 6.07) is 6.07. The van der Waals surface area contributed by atoms with Crippen LogP contribution in [-0.2, 0) is 10.0 Å². The zero-order valence-corrected chi connectivity index (χ0v) is 11.5. The first-order valence-electron chi connectivity index (χ1n) is 5.33. The summed E-state index contributed by atoms with van der Waals surface area (Å²) < 4.78 is 39.3. The molecular formula is C11H10ClFN4O2S. The molecule has 0 aliphatic heterocycles. The summed E-state index contributed by atoms with van der Waals surface area (Å²) in [5, 5.41) is -0.0400. The number of rotatable bonds is 4. The van der Waals surface area contributed by atoms with Gasteiger partial charge in [-0.25, -0.2) is 23.6 Å². The van der Waals surface area contributed by atoms with Crippen molar-refractivity contribution in [3.63, 3.8) is 0 Å². The van der Waals surface area contributed by atoms with E-state index in [-0.39, 0.29) is 15.6 Å². The molecule has 20 heavy (non-hydrogen) atoms. The van der Waals surface area contributed by atoms with Gasteiger partial charge in [0, 0.05) is 6.20 Å². The Hall–Kier alpha value is -1.90. The van der Waals surface area contributed by atoms with Crippen molar-refractivity contribution in [2.24, 2.45) is 5.84 Å². The zero-order valence-electron chi connectivity index (χ0n) is 9.97. The van der Waals surface area contributed by atoms with Crippen LogP contribution < -0.4 is 16.0 Å².